The van der Waals surface area contributed by atoms with Crippen LogP contribution in [0, 0.1) is 0 Å². The molecule has 3 rings (SSSR count). The average molecular weight is 245 g/mol. The van der Waals surface area contributed by atoms with E-state index in [1.54, 1.807) is 0 Å². The van der Waals surface area contributed by atoms with Crippen LogP contribution in [0.15, 0.2) is 24.9 Å². The maximum Gasteiger partial charge on any atom is 0.110 e. The molecular weight excluding hydrogens is 226 g/mol. The van der Waals surface area contributed by atoms with Crippen LogP contribution in [0.3, 0.4) is 0 Å². The summed E-state index contributed by atoms with van der Waals surface area (Å²) in [5, 5.41) is 3.47. The standard InChI is InChI=1S/C13H19N5/c1-17-7-5-14-13(17)4-6-18-9-12(16-10-18)8-15-11-2-3-11/h5,7,9-11,15H,2-4,6,8H2,1H3. The molecule has 2 heterocycles. The van der Waals surface area contributed by atoms with E-state index in [1.807, 2.05) is 25.8 Å². The summed E-state index contributed by atoms with van der Waals surface area (Å²) in [6.07, 6.45) is 11.4. The minimum absolute atomic E-state index is 0.739. The Kier molecular flexibility index (Phi) is 3.15. The normalized spacial score (nSPS) is 15.2. The lowest BCUT2D eigenvalue weighted by atomic mass is 10.4. The largest absolute Gasteiger partial charge is 0.338 e. The second-order valence-corrected chi connectivity index (χ2v) is 4.96. The van der Waals surface area contributed by atoms with Gasteiger partial charge in [0, 0.05) is 51.2 Å². The van der Waals surface area contributed by atoms with E-state index in [9.17, 15) is 0 Å². The van der Waals surface area contributed by atoms with E-state index in [0.717, 1.165) is 37.1 Å². The first kappa shape index (κ1) is 11.5. The van der Waals surface area contributed by atoms with Crippen molar-refractivity contribution in [1.29, 1.82) is 0 Å². The summed E-state index contributed by atoms with van der Waals surface area (Å²) < 4.78 is 4.20. The van der Waals surface area contributed by atoms with Crippen LogP contribution in [0.5, 0.6) is 0 Å². The third-order valence-corrected chi connectivity index (χ3v) is 3.35. The molecule has 0 atom stereocenters. The fourth-order valence-corrected chi connectivity index (χ4v) is 2.02. The van der Waals surface area contributed by atoms with Gasteiger partial charge in [0.05, 0.1) is 12.0 Å². The fraction of sp³-hybridized carbons (Fsp3) is 0.538. The number of nitrogens with one attached hydrogen (secondary N) is 1. The average Bonchev–Trinajstić information content (AvgIpc) is 2.94. The Morgan fingerprint density at radius 3 is 3.00 bits per heavy atom. The Hall–Kier alpha value is -1.62. The Morgan fingerprint density at radius 1 is 1.39 bits per heavy atom. The van der Waals surface area contributed by atoms with Crippen LogP contribution in [-0.4, -0.2) is 25.1 Å². The molecule has 0 aromatic carbocycles. The van der Waals surface area contributed by atoms with Gasteiger partial charge in [-0.2, -0.15) is 0 Å². The highest BCUT2D eigenvalue weighted by atomic mass is 15.1. The van der Waals surface area contributed by atoms with Gasteiger partial charge in [0.15, 0.2) is 0 Å². The number of nitrogens with zero attached hydrogens (tertiary/aromatic N) is 4. The number of rotatable bonds is 6. The number of aromatic nitrogens is 4. The minimum Gasteiger partial charge on any atom is -0.338 e. The molecule has 96 valence electrons. The first-order chi connectivity index (χ1) is 8.81. The quantitative estimate of drug-likeness (QED) is 0.829. The topological polar surface area (TPSA) is 47.7 Å². The molecule has 5 heteroatoms. The summed E-state index contributed by atoms with van der Waals surface area (Å²) in [5.41, 5.74) is 1.13. The highest BCUT2D eigenvalue weighted by molar-refractivity contribution is 4.99. The number of hydrogen-bond acceptors (Lipinski definition) is 3. The summed E-state index contributed by atoms with van der Waals surface area (Å²) in [6.45, 7) is 1.82. The van der Waals surface area contributed by atoms with Gasteiger partial charge < -0.3 is 14.5 Å². The van der Waals surface area contributed by atoms with Crippen molar-refractivity contribution in [1.82, 2.24) is 24.4 Å². The van der Waals surface area contributed by atoms with Gasteiger partial charge in [-0.15, -0.1) is 0 Å². The van der Waals surface area contributed by atoms with Gasteiger partial charge in [0.1, 0.15) is 5.82 Å². The van der Waals surface area contributed by atoms with Crippen molar-refractivity contribution >= 4 is 0 Å². The lowest BCUT2D eigenvalue weighted by molar-refractivity contribution is 0.646. The van der Waals surface area contributed by atoms with Crippen molar-refractivity contribution in [3.05, 3.63) is 36.4 Å². The molecule has 1 aliphatic carbocycles. The van der Waals surface area contributed by atoms with Crippen molar-refractivity contribution < 1.29 is 0 Å². The Labute approximate surface area is 107 Å². The third kappa shape index (κ3) is 2.79. The Balaban J connectivity index is 1.51. The van der Waals surface area contributed by atoms with Gasteiger partial charge >= 0.3 is 0 Å². The van der Waals surface area contributed by atoms with E-state index in [0.29, 0.717) is 0 Å². The van der Waals surface area contributed by atoms with Crippen LogP contribution in [0.2, 0.25) is 0 Å². The van der Waals surface area contributed by atoms with Gasteiger partial charge in [-0.05, 0) is 12.8 Å². The fourth-order valence-electron chi connectivity index (χ4n) is 2.02. The summed E-state index contributed by atoms with van der Waals surface area (Å²) in [6, 6.07) is 0.739. The molecule has 1 aliphatic rings. The molecule has 2 aromatic rings. The first-order valence-corrected chi connectivity index (χ1v) is 6.51. The maximum absolute atomic E-state index is 4.41. The van der Waals surface area contributed by atoms with Crippen molar-refractivity contribution in [3.8, 4) is 0 Å². The summed E-state index contributed by atoms with van der Waals surface area (Å²) in [7, 11) is 2.03. The Bertz CT molecular complexity index is 509. The van der Waals surface area contributed by atoms with Crippen molar-refractivity contribution in [3.63, 3.8) is 0 Å². The smallest absolute Gasteiger partial charge is 0.110 e. The van der Waals surface area contributed by atoms with E-state index in [1.165, 1.54) is 12.8 Å². The molecule has 2 aromatic heterocycles. The number of imidazole rings is 2. The highest BCUT2D eigenvalue weighted by Gasteiger charge is 2.20. The monoisotopic (exact) mass is 245 g/mol. The zero-order chi connectivity index (χ0) is 12.4. The maximum atomic E-state index is 4.41. The molecule has 1 saturated carbocycles. The van der Waals surface area contributed by atoms with Crippen LogP contribution in [0.4, 0.5) is 0 Å². The summed E-state index contributed by atoms with van der Waals surface area (Å²) in [5.74, 6) is 1.11. The van der Waals surface area contributed by atoms with E-state index >= 15 is 0 Å². The molecular formula is C13H19N5. The second-order valence-electron chi connectivity index (χ2n) is 4.96. The van der Waals surface area contributed by atoms with Gasteiger partial charge in [-0.25, -0.2) is 9.97 Å². The van der Waals surface area contributed by atoms with Gasteiger partial charge in [0.25, 0.3) is 0 Å². The predicted octanol–water partition coefficient (Wildman–Crippen LogP) is 1.11. The second kappa shape index (κ2) is 4.94. The van der Waals surface area contributed by atoms with E-state index in [-0.39, 0.29) is 0 Å². The molecule has 1 N–H and O–H groups in total. The molecule has 0 spiro atoms. The highest BCUT2D eigenvalue weighted by Crippen LogP contribution is 2.18. The Morgan fingerprint density at radius 2 is 2.28 bits per heavy atom. The van der Waals surface area contributed by atoms with Crippen molar-refractivity contribution in [2.45, 2.75) is 38.4 Å². The summed E-state index contributed by atoms with van der Waals surface area (Å²) in [4.78, 5) is 8.73. The minimum atomic E-state index is 0.739. The molecule has 0 amide bonds. The van der Waals surface area contributed by atoms with Crippen LogP contribution in [0.1, 0.15) is 24.4 Å². The molecule has 0 aliphatic heterocycles. The zero-order valence-electron chi connectivity index (χ0n) is 10.7. The molecule has 1 fully saturated rings. The first-order valence-electron chi connectivity index (χ1n) is 6.51. The summed E-state index contributed by atoms with van der Waals surface area (Å²) >= 11 is 0. The van der Waals surface area contributed by atoms with Crippen molar-refractivity contribution in [2.75, 3.05) is 0 Å². The molecule has 0 bridgehead atoms. The van der Waals surface area contributed by atoms with Crippen LogP contribution >= 0.6 is 0 Å². The van der Waals surface area contributed by atoms with Gasteiger partial charge in [-0.3, -0.25) is 0 Å². The molecule has 0 saturated heterocycles. The zero-order valence-corrected chi connectivity index (χ0v) is 10.7. The molecule has 5 nitrogen and oxygen atoms in total. The third-order valence-electron chi connectivity index (χ3n) is 3.35. The van der Waals surface area contributed by atoms with Crippen LogP contribution in [-0.2, 0) is 26.6 Å². The van der Waals surface area contributed by atoms with Crippen LogP contribution in [0.25, 0.3) is 0 Å². The van der Waals surface area contributed by atoms with E-state index < -0.39 is 0 Å². The van der Waals surface area contributed by atoms with Crippen LogP contribution < -0.4 is 5.32 Å². The number of hydrogen-bond donors (Lipinski definition) is 1. The SMILES string of the molecule is Cn1ccnc1CCn1cnc(CNC2CC2)c1. The van der Waals surface area contributed by atoms with E-state index in [4.69, 9.17) is 0 Å². The van der Waals surface area contributed by atoms with Crippen molar-refractivity contribution in [2.24, 2.45) is 7.05 Å². The molecule has 0 radical (unpaired) electrons. The number of aryl methyl sites for hydroxylation is 3. The lowest BCUT2D eigenvalue weighted by Gasteiger charge is -2.02. The molecule has 0 unspecified atom stereocenters. The predicted molar refractivity (Wildman–Crippen MR) is 69.0 cm³/mol. The molecule has 18 heavy (non-hydrogen) atoms. The van der Waals surface area contributed by atoms with Gasteiger partial charge in [0.2, 0.25) is 0 Å². The lowest BCUT2D eigenvalue weighted by Crippen LogP contribution is -2.15. The van der Waals surface area contributed by atoms with E-state index in [2.05, 4.69) is 30.6 Å². The van der Waals surface area contributed by atoms with Gasteiger partial charge in [-0.1, -0.05) is 0 Å².